The van der Waals surface area contributed by atoms with Crippen LogP contribution in [0, 0.1) is 0 Å². The van der Waals surface area contributed by atoms with Gasteiger partial charge in [0.25, 0.3) is 0 Å². The Hall–Kier alpha value is -0.680. The zero-order valence-corrected chi connectivity index (χ0v) is 7.06. The minimum Gasteiger partial charge on any atom is -0.352 e. The molecule has 1 unspecified atom stereocenters. The van der Waals surface area contributed by atoms with Gasteiger partial charge in [0.05, 0.1) is 5.75 Å². The van der Waals surface area contributed by atoms with Crippen molar-refractivity contribution in [1.29, 1.82) is 0 Å². The van der Waals surface area contributed by atoms with Gasteiger partial charge in [0.2, 0.25) is 5.91 Å². The van der Waals surface area contributed by atoms with E-state index >= 15 is 0 Å². The number of amides is 1. The van der Waals surface area contributed by atoms with Crippen LogP contribution in [0.3, 0.4) is 0 Å². The first-order valence-corrected chi connectivity index (χ1v) is 4.42. The van der Waals surface area contributed by atoms with Crippen molar-refractivity contribution in [2.24, 2.45) is 0 Å². The highest BCUT2D eigenvalue weighted by molar-refractivity contribution is 7.79. The molecular weight excluding hydrogens is 166 g/mol. The molecule has 0 saturated heterocycles. The molecule has 0 fully saturated rings. The van der Waals surface area contributed by atoms with Gasteiger partial charge in [0, 0.05) is 6.54 Å². The fraction of sp³-hybridized carbons (Fsp3) is 0.500. The van der Waals surface area contributed by atoms with Crippen molar-refractivity contribution in [1.82, 2.24) is 5.32 Å². The first-order valence-electron chi connectivity index (χ1n) is 3.14. The molecule has 1 amide bonds. The largest absolute Gasteiger partial charge is 0.352 e. The molecule has 5 heteroatoms. The summed E-state index contributed by atoms with van der Waals surface area (Å²) in [5.74, 6) is -0.165. The lowest BCUT2D eigenvalue weighted by Gasteiger charge is -1.97. The highest BCUT2D eigenvalue weighted by atomic mass is 32.2. The van der Waals surface area contributed by atoms with Crippen LogP contribution in [0.15, 0.2) is 12.2 Å². The number of rotatable bonds is 4. The lowest BCUT2D eigenvalue weighted by atomic mass is 10.5. The molecule has 0 aromatic rings. The number of allylic oxidation sites excluding steroid dienone is 1. The van der Waals surface area contributed by atoms with E-state index in [4.69, 9.17) is 4.55 Å². The number of carbonyl (C=O) groups is 1. The Morgan fingerprint density at radius 3 is 2.82 bits per heavy atom. The highest BCUT2D eigenvalue weighted by Gasteiger charge is 1.95. The number of hydrogen-bond acceptors (Lipinski definition) is 2. The van der Waals surface area contributed by atoms with Crippen molar-refractivity contribution in [3.63, 3.8) is 0 Å². The van der Waals surface area contributed by atoms with Crippen LogP contribution in [0.2, 0.25) is 0 Å². The van der Waals surface area contributed by atoms with E-state index in [0.717, 1.165) is 0 Å². The molecule has 2 N–H and O–H groups in total. The van der Waals surface area contributed by atoms with Gasteiger partial charge >= 0.3 is 0 Å². The Morgan fingerprint density at radius 2 is 2.36 bits per heavy atom. The van der Waals surface area contributed by atoms with E-state index in [9.17, 15) is 9.00 Å². The maximum atomic E-state index is 10.6. The van der Waals surface area contributed by atoms with Gasteiger partial charge in [-0.1, -0.05) is 6.08 Å². The Bertz CT molecular complexity index is 179. The lowest BCUT2D eigenvalue weighted by molar-refractivity contribution is -0.116. The van der Waals surface area contributed by atoms with Crippen LogP contribution in [0.4, 0.5) is 0 Å². The summed E-state index contributed by atoms with van der Waals surface area (Å²) in [5, 5.41) is 2.44. The minimum absolute atomic E-state index is 0.0727. The number of nitrogens with one attached hydrogen (secondary N) is 1. The van der Waals surface area contributed by atoms with Crippen LogP contribution in [-0.4, -0.2) is 27.0 Å². The molecule has 64 valence electrons. The van der Waals surface area contributed by atoms with Crippen LogP contribution in [0.1, 0.15) is 6.92 Å². The van der Waals surface area contributed by atoms with E-state index < -0.39 is 11.1 Å². The molecule has 0 aromatic carbocycles. The molecule has 0 bridgehead atoms. The molecule has 0 saturated carbocycles. The predicted octanol–water partition coefficient (Wildman–Crippen LogP) is -0.0996. The fourth-order valence-electron chi connectivity index (χ4n) is 0.472. The molecule has 0 aliphatic heterocycles. The summed E-state index contributed by atoms with van der Waals surface area (Å²) in [7, 11) is 0. The van der Waals surface area contributed by atoms with Gasteiger partial charge in [-0.3, -0.25) is 4.79 Å². The van der Waals surface area contributed by atoms with Crippen molar-refractivity contribution in [2.45, 2.75) is 6.92 Å². The zero-order chi connectivity index (χ0) is 8.69. The molecule has 0 heterocycles. The van der Waals surface area contributed by atoms with Gasteiger partial charge in [0.15, 0.2) is 11.1 Å². The molecule has 0 spiro atoms. The van der Waals surface area contributed by atoms with Crippen molar-refractivity contribution in [3.8, 4) is 0 Å². The second kappa shape index (κ2) is 6.06. The summed E-state index contributed by atoms with van der Waals surface area (Å²) in [6.45, 7) is 1.95. The summed E-state index contributed by atoms with van der Waals surface area (Å²) in [6.07, 6.45) is 2.96. The molecule has 1 atom stereocenters. The summed E-state index contributed by atoms with van der Waals surface area (Å²) in [4.78, 5) is 10.6. The van der Waals surface area contributed by atoms with Crippen molar-refractivity contribution < 1.29 is 13.6 Å². The molecule has 0 rings (SSSR count). The second-order valence-electron chi connectivity index (χ2n) is 1.82. The molecule has 0 aliphatic carbocycles. The van der Waals surface area contributed by atoms with E-state index in [1.165, 1.54) is 6.08 Å². The van der Waals surface area contributed by atoms with Gasteiger partial charge in [-0.25, -0.2) is 4.21 Å². The second-order valence-corrected chi connectivity index (χ2v) is 2.87. The van der Waals surface area contributed by atoms with Gasteiger partial charge in [-0.2, -0.15) is 0 Å². The van der Waals surface area contributed by atoms with Crippen molar-refractivity contribution in [3.05, 3.63) is 12.2 Å². The van der Waals surface area contributed by atoms with Crippen LogP contribution in [0.5, 0.6) is 0 Å². The SMILES string of the molecule is CC=CC(=O)NCCS(=O)O. The molecule has 11 heavy (non-hydrogen) atoms. The number of hydrogen-bond donors (Lipinski definition) is 2. The Kier molecular flexibility index (Phi) is 5.68. The third-order valence-electron chi connectivity index (χ3n) is 0.894. The van der Waals surface area contributed by atoms with E-state index in [1.807, 2.05) is 0 Å². The van der Waals surface area contributed by atoms with Crippen LogP contribution < -0.4 is 5.32 Å². The smallest absolute Gasteiger partial charge is 0.243 e. The Morgan fingerprint density at radius 1 is 1.73 bits per heavy atom. The van der Waals surface area contributed by atoms with Gasteiger partial charge in [-0.15, -0.1) is 0 Å². The van der Waals surface area contributed by atoms with Crippen molar-refractivity contribution in [2.75, 3.05) is 12.3 Å². The van der Waals surface area contributed by atoms with Crippen LogP contribution >= 0.6 is 0 Å². The minimum atomic E-state index is -1.82. The molecular formula is C6H11NO3S. The van der Waals surface area contributed by atoms with E-state index in [2.05, 4.69) is 5.32 Å². The third kappa shape index (κ3) is 7.21. The summed E-state index contributed by atoms with van der Waals surface area (Å²) < 4.78 is 18.4. The van der Waals surface area contributed by atoms with Crippen LogP contribution in [0.25, 0.3) is 0 Å². The summed E-state index contributed by atoms with van der Waals surface area (Å²) >= 11 is -1.82. The fourth-order valence-corrected chi connectivity index (χ4v) is 0.749. The third-order valence-corrected chi connectivity index (χ3v) is 1.45. The van der Waals surface area contributed by atoms with Crippen molar-refractivity contribution >= 4 is 17.0 Å². The lowest BCUT2D eigenvalue weighted by Crippen LogP contribution is -2.25. The monoisotopic (exact) mass is 177 g/mol. The van der Waals surface area contributed by atoms with E-state index in [0.29, 0.717) is 0 Å². The predicted molar refractivity (Wildman–Crippen MR) is 43.5 cm³/mol. The van der Waals surface area contributed by atoms with Gasteiger partial charge in [0.1, 0.15) is 0 Å². The van der Waals surface area contributed by atoms with E-state index in [-0.39, 0.29) is 18.2 Å². The molecule has 0 aromatic heterocycles. The molecule has 0 aliphatic rings. The zero-order valence-electron chi connectivity index (χ0n) is 6.24. The quantitative estimate of drug-likeness (QED) is 0.465. The Labute approximate surface area is 68.0 Å². The van der Waals surface area contributed by atoms with Gasteiger partial charge < -0.3 is 9.87 Å². The maximum absolute atomic E-state index is 10.6. The normalized spacial score (nSPS) is 13.3. The first kappa shape index (κ1) is 10.3. The van der Waals surface area contributed by atoms with Gasteiger partial charge in [-0.05, 0) is 13.0 Å². The topological polar surface area (TPSA) is 66.4 Å². The summed E-state index contributed by atoms with van der Waals surface area (Å²) in [6, 6.07) is 0. The standard InChI is InChI=1S/C6H11NO3S/c1-2-3-6(8)7-4-5-11(9)10/h2-3H,4-5H2,1H3,(H,7,8)(H,9,10). The Balaban J connectivity index is 3.39. The van der Waals surface area contributed by atoms with Crippen LogP contribution in [-0.2, 0) is 15.9 Å². The average Bonchev–Trinajstić information content (AvgIpc) is 1.87. The maximum Gasteiger partial charge on any atom is 0.243 e. The number of carbonyl (C=O) groups excluding carboxylic acids is 1. The highest BCUT2D eigenvalue weighted by Crippen LogP contribution is 1.74. The summed E-state index contributed by atoms with van der Waals surface area (Å²) in [5.41, 5.74) is 0. The van der Waals surface area contributed by atoms with E-state index in [1.54, 1.807) is 13.0 Å². The molecule has 4 nitrogen and oxygen atoms in total. The first-order chi connectivity index (χ1) is 5.16. The average molecular weight is 177 g/mol. The molecule has 0 radical (unpaired) electrons.